The summed E-state index contributed by atoms with van der Waals surface area (Å²) >= 11 is 5.97. The highest BCUT2D eigenvalue weighted by Crippen LogP contribution is 2.22. The third-order valence-corrected chi connectivity index (χ3v) is 5.84. The van der Waals surface area contributed by atoms with Crippen molar-refractivity contribution < 1.29 is 23.9 Å². The van der Waals surface area contributed by atoms with E-state index in [4.69, 9.17) is 16.3 Å². The molecule has 2 N–H and O–H groups in total. The predicted octanol–water partition coefficient (Wildman–Crippen LogP) is 3.27. The number of nitrogens with zero attached hydrogens (tertiary/aromatic N) is 2. The number of ketones is 1. The van der Waals surface area contributed by atoms with Crippen LogP contribution in [0.15, 0.2) is 24.3 Å². The van der Waals surface area contributed by atoms with Crippen molar-refractivity contribution in [3.8, 4) is 0 Å². The SMILES string of the molecule is COC(=O)c1c(CC(=O)N2CCCN(C(=O)Nc3cccc(Cl)c3)CC2)[nH]c(C(C)=O)c1C. The van der Waals surface area contributed by atoms with E-state index in [1.54, 1.807) is 41.0 Å². The van der Waals surface area contributed by atoms with Crippen LogP contribution in [0.5, 0.6) is 0 Å². The summed E-state index contributed by atoms with van der Waals surface area (Å²) in [6, 6.07) is 6.64. The highest BCUT2D eigenvalue weighted by atomic mass is 35.5. The Balaban J connectivity index is 1.66. The Morgan fingerprint density at radius 1 is 1.12 bits per heavy atom. The van der Waals surface area contributed by atoms with Crippen LogP contribution in [0.4, 0.5) is 10.5 Å². The normalized spacial score (nSPS) is 13.9. The topological polar surface area (TPSA) is 112 Å². The summed E-state index contributed by atoms with van der Waals surface area (Å²) in [6.45, 7) is 4.74. The second kappa shape index (κ2) is 10.5. The molecule has 0 unspecified atom stereocenters. The van der Waals surface area contributed by atoms with Gasteiger partial charge in [-0.15, -0.1) is 0 Å². The molecule has 0 atom stereocenters. The van der Waals surface area contributed by atoms with E-state index < -0.39 is 5.97 Å². The van der Waals surface area contributed by atoms with Gasteiger partial charge < -0.3 is 24.8 Å². The Labute approximate surface area is 197 Å². The van der Waals surface area contributed by atoms with Crippen molar-refractivity contribution in [3.63, 3.8) is 0 Å². The number of carbonyl (C=O) groups excluding carboxylic acids is 4. The van der Waals surface area contributed by atoms with Crippen molar-refractivity contribution in [2.24, 2.45) is 0 Å². The minimum absolute atomic E-state index is 0.0761. The average Bonchev–Trinajstić information content (AvgIpc) is 2.94. The molecule has 0 aliphatic carbocycles. The number of methoxy groups -OCH3 is 1. The lowest BCUT2D eigenvalue weighted by Gasteiger charge is -2.22. The average molecular weight is 475 g/mol. The molecule has 176 valence electrons. The van der Waals surface area contributed by atoms with Gasteiger partial charge in [-0.25, -0.2) is 9.59 Å². The molecule has 2 aromatic rings. The summed E-state index contributed by atoms with van der Waals surface area (Å²) < 4.78 is 4.84. The van der Waals surface area contributed by atoms with Crippen molar-refractivity contribution in [2.75, 3.05) is 38.6 Å². The number of carbonyl (C=O) groups is 4. The van der Waals surface area contributed by atoms with E-state index >= 15 is 0 Å². The Hall–Kier alpha value is -3.33. The quantitative estimate of drug-likeness (QED) is 0.510. The highest BCUT2D eigenvalue weighted by molar-refractivity contribution is 6.30. The van der Waals surface area contributed by atoms with E-state index in [-0.39, 0.29) is 35.4 Å². The van der Waals surface area contributed by atoms with Crippen molar-refractivity contribution in [2.45, 2.75) is 26.7 Å². The number of benzene rings is 1. The molecule has 3 amide bonds. The second-order valence-electron chi connectivity index (χ2n) is 7.86. The number of hydrogen-bond acceptors (Lipinski definition) is 5. The maximum atomic E-state index is 13.0. The lowest BCUT2D eigenvalue weighted by atomic mass is 10.1. The predicted molar refractivity (Wildman–Crippen MR) is 124 cm³/mol. The molecule has 0 spiro atoms. The van der Waals surface area contributed by atoms with E-state index in [1.165, 1.54) is 14.0 Å². The van der Waals surface area contributed by atoms with Gasteiger partial charge in [0.25, 0.3) is 0 Å². The number of aromatic nitrogens is 1. The Bertz CT molecular complexity index is 1080. The summed E-state index contributed by atoms with van der Waals surface area (Å²) in [5, 5.41) is 3.35. The van der Waals surface area contributed by atoms with Gasteiger partial charge in [0.2, 0.25) is 5.91 Å². The number of aromatic amines is 1. The first-order valence-electron chi connectivity index (χ1n) is 10.6. The van der Waals surface area contributed by atoms with Gasteiger partial charge >= 0.3 is 12.0 Å². The lowest BCUT2D eigenvalue weighted by Crippen LogP contribution is -2.39. The molecule has 1 aromatic heterocycles. The fourth-order valence-corrected chi connectivity index (χ4v) is 4.11. The molecular formula is C23H27ClN4O5. The first-order valence-corrected chi connectivity index (χ1v) is 11.0. The molecule has 1 saturated heterocycles. The number of anilines is 1. The van der Waals surface area contributed by atoms with E-state index in [2.05, 4.69) is 10.3 Å². The third kappa shape index (κ3) is 5.73. The van der Waals surface area contributed by atoms with Gasteiger partial charge in [0.05, 0.1) is 24.8 Å². The van der Waals surface area contributed by atoms with Crippen molar-refractivity contribution in [1.29, 1.82) is 0 Å². The third-order valence-electron chi connectivity index (χ3n) is 5.61. The summed E-state index contributed by atoms with van der Waals surface area (Å²) in [6.07, 6.45) is 0.536. The van der Waals surface area contributed by atoms with Gasteiger partial charge in [0.1, 0.15) is 0 Å². The first kappa shape index (κ1) is 24.3. The van der Waals surface area contributed by atoms with Crippen LogP contribution in [0.2, 0.25) is 5.02 Å². The van der Waals surface area contributed by atoms with Crippen LogP contribution in [0.3, 0.4) is 0 Å². The molecule has 1 aromatic carbocycles. The fourth-order valence-electron chi connectivity index (χ4n) is 3.92. The minimum atomic E-state index is -0.598. The summed E-state index contributed by atoms with van der Waals surface area (Å²) in [5.74, 6) is -1.03. The first-order chi connectivity index (χ1) is 15.7. The number of ether oxygens (including phenoxy) is 1. The maximum Gasteiger partial charge on any atom is 0.339 e. The lowest BCUT2D eigenvalue weighted by molar-refractivity contribution is -0.130. The molecule has 0 radical (unpaired) electrons. The second-order valence-corrected chi connectivity index (χ2v) is 8.30. The van der Waals surface area contributed by atoms with Crippen LogP contribution in [0.25, 0.3) is 0 Å². The zero-order chi connectivity index (χ0) is 24.1. The summed E-state index contributed by atoms with van der Waals surface area (Å²) in [4.78, 5) is 56.0. The van der Waals surface area contributed by atoms with Gasteiger partial charge in [-0.3, -0.25) is 9.59 Å². The smallest absolute Gasteiger partial charge is 0.339 e. The van der Waals surface area contributed by atoms with Crippen LogP contribution in [0.1, 0.15) is 45.4 Å². The van der Waals surface area contributed by atoms with Crippen LogP contribution in [-0.2, 0) is 16.0 Å². The maximum absolute atomic E-state index is 13.0. The van der Waals surface area contributed by atoms with E-state index in [0.717, 1.165) is 0 Å². The van der Waals surface area contributed by atoms with Gasteiger partial charge in [0.15, 0.2) is 5.78 Å². The summed E-state index contributed by atoms with van der Waals surface area (Å²) in [7, 11) is 1.26. The molecule has 0 bridgehead atoms. The number of halogens is 1. The molecule has 2 heterocycles. The van der Waals surface area contributed by atoms with Gasteiger partial charge in [-0.1, -0.05) is 17.7 Å². The fraction of sp³-hybridized carbons (Fsp3) is 0.391. The van der Waals surface area contributed by atoms with Gasteiger partial charge in [0, 0.05) is 49.5 Å². The molecule has 0 saturated carbocycles. The Morgan fingerprint density at radius 3 is 2.48 bits per heavy atom. The summed E-state index contributed by atoms with van der Waals surface area (Å²) in [5.41, 5.74) is 1.93. The highest BCUT2D eigenvalue weighted by Gasteiger charge is 2.27. The molecular weight excluding hydrogens is 448 g/mol. The van der Waals surface area contributed by atoms with E-state index in [1.807, 2.05) is 0 Å². The van der Waals surface area contributed by atoms with Crippen molar-refractivity contribution in [3.05, 3.63) is 51.8 Å². The number of hydrogen-bond donors (Lipinski definition) is 2. The monoisotopic (exact) mass is 474 g/mol. The van der Waals surface area contributed by atoms with Crippen LogP contribution in [-0.4, -0.2) is 71.8 Å². The van der Waals surface area contributed by atoms with Gasteiger partial charge in [-0.2, -0.15) is 0 Å². The van der Waals surface area contributed by atoms with Gasteiger partial charge in [-0.05, 0) is 37.1 Å². The largest absolute Gasteiger partial charge is 0.465 e. The molecule has 1 aliphatic heterocycles. The molecule has 9 nitrogen and oxygen atoms in total. The van der Waals surface area contributed by atoms with Crippen molar-refractivity contribution >= 4 is 41.0 Å². The number of Topliss-reactive ketones (excluding diaryl/α,β-unsaturated/α-hetero) is 1. The minimum Gasteiger partial charge on any atom is -0.465 e. The molecule has 1 fully saturated rings. The Kier molecular flexibility index (Phi) is 7.75. The number of rotatable bonds is 5. The number of esters is 1. The van der Waals surface area contributed by atoms with E-state index in [9.17, 15) is 19.2 Å². The van der Waals surface area contributed by atoms with E-state index in [0.29, 0.717) is 54.6 Å². The molecule has 1 aliphatic rings. The molecule has 33 heavy (non-hydrogen) atoms. The molecule has 10 heteroatoms. The van der Waals surface area contributed by atoms with Crippen LogP contribution < -0.4 is 5.32 Å². The number of nitrogens with one attached hydrogen (secondary N) is 2. The zero-order valence-corrected chi connectivity index (χ0v) is 19.6. The number of amides is 3. The number of H-pyrrole nitrogens is 1. The van der Waals surface area contributed by atoms with Crippen LogP contribution in [0, 0.1) is 6.92 Å². The molecule has 3 rings (SSSR count). The zero-order valence-electron chi connectivity index (χ0n) is 18.9. The number of urea groups is 1. The van der Waals surface area contributed by atoms with Crippen LogP contribution >= 0.6 is 11.6 Å². The van der Waals surface area contributed by atoms with Crippen molar-refractivity contribution in [1.82, 2.24) is 14.8 Å². The standard InChI is InChI=1S/C23H27ClN4O5/c1-14-20(22(31)33-3)18(26-21(14)15(2)29)13-19(30)27-8-5-9-28(11-10-27)23(32)25-17-7-4-6-16(24)12-17/h4,6-7,12,26H,5,8-11,13H2,1-3H3,(H,25,32). The Morgan fingerprint density at radius 2 is 1.82 bits per heavy atom.